The summed E-state index contributed by atoms with van der Waals surface area (Å²) in [7, 11) is 0. The van der Waals surface area contributed by atoms with Gasteiger partial charge in [-0.1, -0.05) is 29.8 Å². The lowest BCUT2D eigenvalue weighted by molar-refractivity contribution is -0.118. The average Bonchev–Trinajstić information content (AvgIpc) is 2.25. The SMILES string of the molecule is Cc1cccc(CSCC(=O)NCC(C)(C)N)c1. The Morgan fingerprint density at radius 3 is 2.78 bits per heavy atom. The third-order valence-electron chi connectivity index (χ3n) is 2.33. The Labute approximate surface area is 114 Å². The number of nitrogens with two attached hydrogens (primary N) is 1. The Kier molecular flexibility index (Phi) is 5.69. The number of nitrogens with one attached hydrogen (secondary N) is 1. The van der Waals surface area contributed by atoms with Gasteiger partial charge in [0.1, 0.15) is 0 Å². The molecule has 0 radical (unpaired) electrons. The fourth-order valence-corrected chi connectivity index (χ4v) is 2.25. The molecule has 4 heteroatoms. The molecule has 1 aromatic carbocycles. The molecule has 3 N–H and O–H groups in total. The second kappa shape index (κ2) is 6.81. The second-order valence-corrected chi connectivity index (χ2v) is 6.23. The van der Waals surface area contributed by atoms with Gasteiger partial charge in [0.25, 0.3) is 0 Å². The van der Waals surface area contributed by atoms with E-state index in [0.717, 1.165) is 5.75 Å². The van der Waals surface area contributed by atoms with E-state index in [1.807, 2.05) is 19.9 Å². The topological polar surface area (TPSA) is 55.1 Å². The van der Waals surface area contributed by atoms with Gasteiger partial charge in [0.15, 0.2) is 0 Å². The molecule has 100 valence electrons. The van der Waals surface area contributed by atoms with Crippen molar-refractivity contribution in [3.8, 4) is 0 Å². The number of amides is 1. The van der Waals surface area contributed by atoms with E-state index in [4.69, 9.17) is 5.73 Å². The number of hydrogen-bond donors (Lipinski definition) is 2. The van der Waals surface area contributed by atoms with Crippen molar-refractivity contribution in [3.05, 3.63) is 35.4 Å². The van der Waals surface area contributed by atoms with Crippen molar-refractivity contribution in [2.75, 3.05) is 12.3 Å². The van der Waals surface area contributed by atoms with Crippen molar-refractivity contribution >= 4 is 17.7 Å². The van der Waals surface area contributed by atoms with Crippen LogP contribution in [0.4, 0.5) is 0 Å². The Morgan fingerprint density at radius 2 is 2.17 bits per heavy atom. The normalized spacial score (nSPS) is 11.3. The minimum absolute atomic E-state index is 0.0474. The highest BCUT2D eigenvalue weighted by atomic mass is 32.2. The molecule has 0 bridgehead atoms. The van der Waals surface area contributed by atoms with Crippen molar-refractivity contribution in [3.63, 3.8) is 0 Å². The number of benzene rings is 1. The van der Waals surface area contributed by atoms with E-state index in [-0.39, 0.29) is 11.4 Å². The lowest BCUT2D eigenvalue weighted by Crippen LogP contribution is -2.45. The predicted molar refractivity (Wildman–Crippen MR) is 78.6 cm³/mol. The quantitative estimate of drug-likeness (QED) is 0.829. The van der Waals surface area contributed by atoms with Gasteiger partial charge < -0.3 is 11.1 Å². The van der Waals surface area contributed by atoms with Gasteiger partial charge in [-0.2, -0.15) is 0 Å². The molecule has 0 spiro atoms. The number of carbonyl (C=O) groups excluding carboxylic acids is 1. The van der Waals surface area contributed by atoms with E-state index in [9.17, 15) is 4.79 Å². The van der Waals surface area contributed by atoms with Crippen LogP contribution >= 0.6 is 11.8 Å². The van der Waals surface area contributed by atoms with Gasteiger partial charge in [-0.3, -0.25) is 4.79 Å². The third kappa shape index (κ3) is 6.67. The standard InChI is InChI=1S/C14H22N2OS/c1-11-5-4-6-12(7-11)8-18-9-13(17)16-10-14(2,3)15/h4-7H,8-10,15H2,1-3H3,(H,16,17). The maximum atomic E-state index is 11.6. The van der Waals surface area contributed by atoms with Crippen LogP contribution in [0.1, 0.15) is 25.0 Å². The number of rotatable bonds is 6. The Hall–Kier alpha value is -1.00. The van der Waals surface area contributed by atoms with Gasteiger partial charge in [0.2, 0.25) is 5.91 Å². The highest BCUT2D eigenvalue weighted by molar-refractivity contribution is 7.99. The fourth-order valence-electron chi connectivity index (χ4n) is 1.44. The minimum atomic E-state index is -0.350. The van der Waals surface area contributed by atoms with Crippen LogP contribution in [0, 0.1) is 6.92 Å². The van der Waals surface area contributed by atoms with E-state index in [0.29, 0.717) is 12.3 Å². The maximum absolute atomic E-state index is 11.6. The van der Waals surface area contributed by atoms with Crippen LogP contribution in [-0.4, -0.2) is 23.7 Å². The monoisotopic (exact) mass is 266 g/mol. The van der Waals surface area contributed by atoms with E-state index < -0.39 is 0 Å². The zero-order chi connectivity index (χ0) is 13.6. The highest BCUT2D eigenvalue weighted by Gasteiger charge is 2.11. The number of carbonyl (C=O) groups is 1. The molecule has 0 aliphatic rings. The van der Waals surface area contributed by atoms with Gasteiger partial charge >= 0.3 is 0 Å². The summed E-state index contributed by atoms with van der Waals surface area (Å²) in [6.07, 6.45) is 0. The van der Waals surface area contributed by atoms with E-state index in [2.05, 4.69) is 30.4 Å². The number of thioether (sulfide) groups is 1. The van der Waals surface area contributed by atoms with Crippen LogP contribution in [0.5, 0.6) is 0 Å². The predicted octanol–water partition coefficient (Wildman–Crippen LogP) is 2.08. The first-order valence-corrected chi connectivity index (χ1v) is 7.21. The van der Waals surface area contributed by atoms with Gasteiger partial charge in [-0.05, 0) is 26.3 Å². The summed E-state index contributed by atoms with van der Waals surface area (Å²) in [4.78, 5) is 11.6. The molecular formula is C14H22N2OS. The molecule has 0 atom stereocenters. The van der Waals surface area contributed by atoms with E-state index in [1.54, 1.807) is 11.8 Å². The third-order valence-corrected chi connectivity index (χ3v) is 3.33. The van der Waals surface area contributed by atoms with Crippen molar-refractivity contribution < 1.29 is 4.79 Å². The summed E-state index contributed by atoms with van der Waals surface area (Å²) in [5, 5.41) is 2.84. The molecule has 0 unspecified atom stereocenters. The van der Waals surface area contributed by atoms with Crippen LogP contribution in [0.25, 0.3) is 0 Å². The van der Waals surface area contributed by atoms with Crippen LogP contribution < -0.4 is 11.1 Å². The summed E-state index contributed by atoms with van der Waals surface area (Å²) >= 11 is 1.62. The van der Waals surface area contributed by atoms with Crippen molar-refractivity contribution in [2.45, 2.75) is 32.1 Å². The molecule has 0 aromatic heterocycles. The minimum Gasteiger partial charge on any atom is -0.354 e. The first-order valence-electron chi connectivity index (χ1n) is 6.06. The van der Waals surface area contributed by atoms with E-state index in [1.165, 1.54) is 11.1 Å². The Bertz CT molecular complexity index is 399. The summed E-state index contributed by atoms with van der Waals surface area (Å²) < 4.78 is 0. The molecule has 3 nitrogen and oxygen atoms in total. The van der Waals surface area contributed by atoms with Crippen LogP contribution in [0.3, 0.4) is 0 Å². The summed E-state index contributed by atoms with van der Waals surface area (Å²) in [5.74, 6) is 1.39. The molecule has 1 rings (SSSR count). The number of hydrogen-bond acceptors (Lipinski definition) is 3. The van der Waals surface area contributed by atoms with Crippen molar-refractivity contribution in [1.82, 2.24) is 5.32 Å². The van der Waals surface area contributed by atoms with Crippen LogP contribution in [0.2, 0.25) is 0 Å². The zero-order valence-electron chi connectivity index (χ0n) is 11.3. The molecule has 0 heterocycles. The largest absolute Gasteiger partial charge is 0.354 e. The smallest absolute Gasteiger partial charge is 0.230 e. The fraction of sp³-hybridized carbons (Fsp3) is 0.500. The second-order valence-electron chi connectivity index (χ2n) is 5.25. The molecule has 0 aliphatic heterocycles. The van der Waals surface area contributed by atoms with Gasteiger partial charge in [-0.15, -0.1) is 11.8 Å². The Balaban J connectivity index is 2.23. The molecule has 0 fully saturated rings. The van der Waals surface area contributed by atoms with Gasteiger partial charge in [0, 0.05) is 17.8 Å². The molecule has 1 aromatic rings. The van der Waals surface area contributed by atoms with Crippen LogP contribution in [0.15, 0.2) is 24.3 Å². The summed E-state index contributed by atoms with van der Waals surface area (Å²) in [6, 6.07) is 8.35. The Morgan fingerprint density at radius 1 is 1.44 bits per heavy atom. The van der Waals surface area contributed by atoms with Gasteiger partial charge in [-0.25, -0.2) is 0 Å². The first-order chi connectivity index (χ1) is 8.37. The molecule has 0 saturated carbocycles. The maximum Gasteiger partial charge on any atom is 0.230 e. The summed E-state index contributed by atoms with van der Waals surface area (Å²) in [6.45, 7) is 6.38. The average molecular weight is 266 g/mol. The molecule has 1 amide bonds. The molecular weight excluding hydrogens is 244 g/mol. The lowest BCUT2D eigenvalue weighted by atomic mass is 10.1. The highest BCUT2D eigenvalue weighted by Crippen LogP contribution is 2.13. The molecule has 18 heavy (non-hydrogen) atoms. The summed E-state index contributed by atoms with van der Waals surface area (Å²) in [5.41, 5.74) is 7.96. The molecule has 0 saturated heterocycles. The van der Waals surface area contributed by atoms with Gasteiger partial charge in [0.05, 0.1) is 5.75 Å². The zero-order valence-corrected chi connectivity index (χ0v) is 12.1. The van der Waals surface area contributed by atoms with Crippen LogP contribution in [-0.2, 0) is 10.5 Å². The first kappa shape index (κ1) is 15.1. The van der Waals surface area contributed by atoms with E-state index >= 15 is 0 Å². The van der Waals surface area contributed by atoms with Crippen molar-refractivity contribution in [1.29, 1.82) is 0 Å². The lowest BCUT2D eigenvalue weighted by Gasteiger charge is -2.18. The number of aryl methyl sites for hydroxylation is 1. The van der Waals surface area contributed by atoms with Crippen molar-refractivity contribution in [2.24, 2.45) is 5.73 Å². The molecule has 0 aliphatic carbocycles.